The fourth-order valence-corrected chi connectivity index (χ4v) is 4.62. The zero-order chi connectivity index (χ0) is 24.9. The molecule has 2 aromatic rings. The Morgan fingerprint density at radius 1 is 1.12 bits per heavy atom. The lowest BCUT2D eigenvalue weighted by molar-refractivity contribution is -0.157. The van der Waals surface area contributed by atoms with Crippen LogP contribution in [0.2, 0.25) is 0 Å². The summed E-state index contributed by atoms with van der Waals surface area (Å²) in [5.74, 6) is -4.17. The van der Waals surface area contributed by atoms with Crippen molar-refractivity contribution in [2.45, 2.75) is 37.9 Å². The SMILES string of the molecule is COc1cccc2c1C(=O)c1c(O)c3c(c(O)c1C2=O)CC(O)(C(C)=O)CC3OC(=O)CCN. The zero-order valence-corrected chi connectivity index (χ0v) is 18.5. The maximum absolute atomic E-state index is 13.4. The number of benzene rings is 2. The third-order valence-corrected chi connectivity index (χ3v) is 6.35. The molecule has 34 heavy (non-hydrogen) atoms. The van der Waals surface area contributed by atoms with Gasteiger partial charge in [-0.2, -0.15) is 0 Å². The van der Waals surface area contributed by atoms with E-state index in [0.717, 1.165) is 6.92 Å². The van der Waals surface area contributed by atoms with Gasteiger partial charge in [-0.05, 0) is 13.0 Å². The number of hydrogen-bond donors (Lipinski definition) is 4. The van der Waals surface area contributed by atoms with Gasteiger partial charge >= 0.3 is 5.97 Å². The van der Waals surface area contributed by atoms with Crippen LogP contribution in [0.4, 0.5) is 0 Å². The zero-order valence-electron chi connectivity index (χ0n) is 18.5. The Hall–Kier alpha value is -3.76. The average molecular weight is 469 g/mol. The first-order chi connectivity index (χ1) is 16.1. The molecule has 0 heterocycles. The van der Waals surface area contributed by atoms with Gasteiger partial charge in [0, 0.05) is 36.1 Å². The Morgan fingerprint density at radius 3 is 2.41 bits per heavy atom. The van der Waals surface area contributed by atoms with Crippen molar-refractivity contribution in [2.24, 2.45) is 5.73 Å². The molecule has 0 bridgehead atoms. The van der Waals surface area contributed by atoms with Crippen molar-refractivity contribution in [2.75, 3.05) is 13.7 Å². The van der Waals surface area contributed by atoms with Crippen molar-refractivity contribution < 1.29 is 44.0 Å². The van der Waals surface area contributed by atoms with Crippen LogP contribution in [0, 0.1) is 0 Å². The van der Waals surface area contributed by atoms with Crippen molar-refractivity contribution in [3.05, 3.63) is 51.6 Å². The standard InChI is InChI=1S/C24H23NO9/c1-10(26)24(32)8-12-17(14(9-24)34-15(27)6-7-25)23(31)19-18(21(12)29)20(28)11-4-3-5-13(33-2)16(11)22(19)30/h3-5,14,29,31-32H,6-9,25H2,1-2H3. The van der Waals surface area contributed by atoms with Crippen LogP contribution in [0.15, 0.2) is 18.2 Å². The summed E-state index contributed by atoms with van der Waals surface area (Å²) in [6.07, 6.45) is -2.43. The first kappa shape index (κ1) is 23.4. The molecule has 2 aliphatic carbocycles. The first-order valence-electron chi connectivity index (χ1n) is 10.6. The van der Waals surface area contributed by atoms with Crippen LogP contribution in [0.25, 0.3) is 0 Å². The number of methoxy groups -OCH3 is 1. The smallest absolute Gasteiger partial charge is 0.307 e. The number of fused-ring (bicyclic) bond motifs is 3. The molecule has 0 saturated carbocycles. The van der Waals surface area contributed by atoms with Crippen molar-refractivity contribution in [3.63, 3.8) is 0 Å². The fourth-order valence-electron chi connectivity index (χ4n) is 4.62. The number of phenols is 2. The van der Waals surface area contributed by atoms with Gasteiger partial charge in [0.25, 0.3) is 0 Å². The summed E-state index contributed by atoms with van der Waals surface area (Å²) in [4.78, 5) is 51.2. The topological polar surface area (TPSA) is 173 Å². The molecule has 4 rings (SSSR count). The number of nitrogens with two attached hydrogens (primary N) is 1. The van der Waals surface area contributed by atoms with Crippen molar-refractivity contribution in [1.82, 2.24) is 0 Å². The molecule has 10 heteroatoms. The molecule has 0 spiro atoms. The van der Waals surface area contributed by atoms with Gasteiger partial charge in [-0.15, -0.1) is 0 Å². The lowest BCUT2D eigenvalue weighted by Gasteiger charge is -2.38. The van der Waals surface area contributed by atoms with Crippen LogP contribution in [-0.2, 0) is 20.7 Å². The molecule has 2 aliphatic rings. The highest BCUT2D eigenvalue weighted by molar-refractivity contribution is 6.31. The second-order valence-corrected chi connectivity index (χ2v) is 8.37. The normalized spacial score (nSPS) is 20.8. The molecule has 2 unspecified atom stereocenters. The Balaban J connectivity index is 1.99. The van der Waals surface area contributed by atoms with Crippen LogP contribution >= 0.6 is 0 Å². The third kappa shape index (κ3) is 3.34. The van der Waals surface area contributed by atoms with Gasteiger partial charge in [-0.3, -0.25) is 19.2 Å². The predicted octanol–water partition coefficient (Wildman–Crippen LogP) is 1.08. The largest absolute Gasteiger partial charge is 0.507 e. The monoisotopic (exact) mass is 469 g/mol. The number of rotatable bonds is 5. The highest BCUT2D eigenvalue weighted by Gasteiger charge is 2.48. The molecular weight excluding hydrogens is 446 g/mol. The Kier molecular flexibility index (Phi) is 5.66. The Labute approximate surface area is 193 Å². The van der Waals surface area contributed by atoms with Crippen LogP contribution < -0.4 is 10.5 Å². The molecule has 5 N–H and O–H groups in total. The lowest BCUT2D eigenvalue weighted by Crippen LogP contribution is -2.45. The molecule has 0 fully saturated rings. The van der Waals surface area contributed by atoms with Gasteiger partial charge in [0.05, 0.1) is 30.2 Å². The number of Topliss-reactive ketones (excluding diaryl/α,β-unsaturated/α-hetero) is 1. The summed E-state index contributed by atoms with van der Waals surface area (Å²) in [6, 6.07) is 4.37. The number of ether oxygens (including phenoxy) is 2. The second-order valence-electron chi connectivity index (χ2n) is 8.37. The van der Waals surface area contributed by atoms with Gasteiger partial charge in [-0.25, -0.2) is 0 Å². The van der Waals surface area contributed by atoms with Crippen LogP contribution in [0.3, 0.4) is 0 Å². The van der Waals surface area contributed by atoms with E-state index in [1.807, 2.05) is 0 Å². The summed E-state index contributed by atoms with van der Waals surface area (Å²) in [5, 5.41) is 33.3. The minimum atomic E-state index is -2.04. The molecule has 0 aromatic heterocycles. The maximum Gasteiger partial charge on any atom is 0.307 e. The summed E-state index contributed by atoms with van der Waals surface area (Å²) < 4.78 is 10.6. The molecule has 2 atom stereocenters. The van der Waals surface area contributed by atoms with Crippen molar-refractivity contribution in [3.8, 4) is 17.2 Å². The van der Waals surface area contributed by atoms with Gasteiger partial charge in [0.15, 0.2) is 11.6 Å². The lowest BCUT2D eigenvalue weighted by atomic mass is 9.72. The molecule has 0 radical (unpaired) electrons. The fraction of sp³-hybridized carbons (Fsp3) is 0.333. The molecular formula is C24H23NO9. The highest BCUT2D eigenvalue weighted by atomic mass is 16.5. The number of ketones is 3. The summed E-state index contributed by atoms with van der Waals surface area (Å²) >= 11 is 0. The number of esters is 1. The molecule has 178 valence electrons. The average Bonchev–Trinajstić information content (AvgIpc) is 2.78. The maximum atomic E-state index is 13.4. The summed E-state index contributed by atoms with van der Waals surface area (Å²) in [5.41, 5.74) is 2.02. The predicted molar refractivity (Wildman–Crippen MR) is 116 cm³/mol. The minimum absolute atomic E-state index is 0.0274. The van der Waals surface area contributed by atoms with Crippen LogP contribution in [0.5, 0.6) is 17.2 Å². The Morgan fingerprint density at radius 2 is 1.79 bits per heavy atom. The van der Waals surface area contributed by atoms with E-state index < -0.39 is 70.5 Å². The molecule has 0 saturated heterocycles. The molecule has 0 aliphatic heterocycles. The number of carbonyl (C=O) groups excluding carboxylic acids is 4. The van der Waals surface area contributed by atoms with Crippen LogP contribution in [-0.4, -0.2) is 57.9 Å². The van der Waals surface area contributed by atoms with E-state index in [9.17, 15) is 34.5 Å². The highest BCUT2D eigenvalue weighted by Crippen LogP contribution is 2.52. The van der Waals surface area contributed by atoms with E-state index in [4.69, 9.17) is 15.2 Å². The third-order valence-electron chi connectivity index (χ3n) is 6.35. The second kappa shape index (κ2) is 8.23. The first-order valence-corrected chi connectivity index (χ1v) is 10.6. The van der Waals surface area contributed by atoms with E-state index >= 15 is 0 Å². The van der Waals surface area contributed by atoms with E-state index in [1.165, 1.54) is 25.3 Å². The van der Waals surface area contributed by atoms with Crippen molar-refractivity contribution >= 4 is 23.3 Å². The van der Waals surface area contributed by atoms with Gasteiger partial charge in [0.2, 0.25) is 5.78 Å². The molecule has 0 amide bonds. The number of carbonyl (C=O) groups is 4. The summed E-state index contributed by atoms with van der Waals surface area (Å²) in [7, 11) is 1.32. The Bertz CT molecular complexity index is 1270. The van der Waals surface area contributed by atoms with Gasteiger partial charge in [0.1, 0.15) is 29.0 Å². The van der Waals surface area contributed by atoms with E-state index in [1.54, 1.807) is 0 Å². The van der Waals surface area contributed by atoms with Crippen molar-refractivity contribution in [1.29, 1.82) is 0 Å². The quantitative estimate of drug-likeness (QED) is 0.313. The number of phenolic OH excluding ortho intramolecular Hbond substituents is 2. The van der Waals surface area contributed by atoms with E-state index in [-0.39, 0.29) is 41.0 Å². The van der Waals surface area contributed by atoms with E-state index in [2.05, 4.69) is 0 Å². The number of aromatic hydroxyl groups is 2. The number of aliphatic hydroxyl groups is 1. The summed E-state index contributed by atoms with van der Waals surface area (Å²) in [6.45, 7) is 1.11. The minimum Gasteiger partial charge on any atom is -0.507 e. The molecule has 2 aromatic carbocycles. The van der Waals surface area contributed by atoms with Crippen LogP contribution in [0.1, 0.15) is 68.8 Å². The van der Waals surface area contributed by atoms with E-state index in [0.29, 0.717) is 0 Å². The van der Waals surface area contributed by atoms with Gasteiger partial charge < -0.3 is 30.5 Å². The molecule has 10 nitrogen and oxygen atoms in total. The van der Waals surface area contributed by atoms with Gasteiger partial charge in [-0.1, -0.05) is 12.1 Å². The number of hydrogen-bond acceptors (Lipinski definition) is 10.